The summed E-state index contributed by atoms with van der Waals surface area (Å²) in [6.45, 7) is 4.15. The quantitative estimate of drug-likeness (QED) is 0.734. The van der Waals surface area contributed by atoms with E-state index in [-0.39, 0.29) is 0 Å². The topological polar surface area (TPSA) is 43.8 Å². The van der Waals surface area contributed by atoms with Crippen molar-refractivity contribution in [1.29, 1.82) is 0 Å². The molecule has 0 spiro atoms. The first kappa shape index (κ1) is 9.34. The Morgan fingerprint density at radius 1 is 1.43 bits per heavy atom. The second-order valence-electron chi connectivity index (χ2n) is 3.59. The zero-order valence-electron chi connectivity index (χ0n) is 8.16. The van der Waals surface area contributed by atoms with Crippen molar-refractivity contribution in [1.82, 2.24) is 9.55 Å². The predicted octanol–water partition coefficient (Wildman–Crippen LogP) is 2.85. The Morgan fingerprint density at radius 2 is 2.14 bits per heavy atom. The van der Waals surface area contributed by atoms with E-state index in [1.807, 2.05) is 22.8 Å². The van der Waals surface area contributed by atoms with E-state index in [1.165, 1.54) is 0 Å². The molecule has 0 radical (unpaired) electrons. The molecule has 0 unspecified atom stereocenters. The molecule has 1 aromatic carbocycles. The van der Waals surface area contributed by atoms with Crippen molar-refractivity contribution in [2.24, 2.45) is 0 Å². The Bertz CT molecular complexity index is 473. The van der Waals surface area contributed by atoms with Crippen LogP contribution >= 0.6 is 11.6 Å². The van der Waals surface area contributed by atoms with Crippen LogP contribution in [0.1, 0.15) is 19.9 Å². The molecule has 0 aliphatic carbocycles. The lowest BCUT2D eigenvalue weighted by atomic mass is 10.2. The van der Waals surface area contributed by atoms with Crippen LogP contribution in [0.25, 0.3) is 11.0 Å². The summed E-state index contributed by atoms with van der Waals surface area (Å²) >= 11 is 6.03. The van der Waals surface area contributed by atoms with E-state index in [1.54, 1.807) is 0 Å². The van der Waals surface area contributed by atoms with Gasteiger partial charge in [-0.05, 0) is 43.6 Å². The van der Waals surface area contributed by atoms with E-state index < -0.39 is 0 Å². The van der Waals surface area contributed by atoms with Crippen molar-refractivity contribution < 1.29 is 0 Å². The molecule has 1 aromatic heterocycles. The van der Waals surface area contributed by atoms with Gasteiger partial charge >= 0.3 is 0 Å². The molecule has 2 rings (SSSR count). The molecule has 0 saturated heterocycles. The monoisotopic (exact) mass is 209 g/mol. The summed E-state index contributed by atoms with van der Waals surface area (Å²) in [4.78, 5) is 4.24. The van der Waals surface area contributed by atoms with Crippen molar-refractivity contribution in [2.45, 2.75) is 19.9 Å². The number of halogens is 1. The lowest BCUT2D eigenvalue weighted by Crippen LogP contribution is -2.00. The van der Waals surface area contributed by atoms with Gasteiger partial charge in [0.25, 0.3) is 0 Å². The second kappa shape index (κ2) is 3.17. The molecule has 0 fully saturated rings. The fourth-order valence-corrected chi connectivity index (χ4v) is 1.95. The van der Waals surface area contributed by atoms with E-state index in [0.717, 1.165) is 11.0 Å². The van der Waals surface area contributed by atoms with Crippen LogP contribution in [0, 0.1) is 0 Å². The van der Waals surface area contributed by atoms with Gasteiger partial charge in [0.1, 0.15) is 0 Å². The minimum absolute atomic E-state index is 0.302. The molecule has 14 heavy (non-hydrogen) atoms. The Labute approximate surface area is 87.5 Å². The fourth-order valence-electron chi connectivity index (χ4n) is 1.58. The molecule has 0 aliphatic rings. The lowest BCUT2D eigenvalue weighted by Gasteiger charge is -2.09. The smallest absolute Gasteiger partial charge is 0.204 e. The number of fused-ring (bicyclic) bond motifs is 1. The number of benzene rings is 1. The Balaban J connectivity index is 2.77. The van der Waals surface area contributed by atoms with Crippen molar-refractivity contribution in [3.8, 4) is 0 Å². The van der Waals surface area contributed by atoms with Gasteiger partial charge in [0.15, 0.2) is 0 Å². The number of nitrogens with two attached hydrogens (primary N) is 1. The summed E-state index contributed by atoms with van der Waals surface area (Å²) < 4.78 is 1.98. The average molecular weight is 210 g/mol. The number of nitrogen functional groups attached to an aromatic ring is 1. The van der Waals surface area contributed by atoms with E-state index in [2.05, 4.69) is 18.8 Å². The maximum Gasteiger partial charge on any atom is 0.204 e. The normalized spacial score (nSPS) is 11.4. The highest BCUT2D eigenvalue weighted by atomic mass is 35.5. The average Bonchev–Trinajstić information content (AvgIpc) is 2.39. The molecule has 0 aliphatic heterocycles. The van der Waals surface area contributed by atoms with Gasteiger partial charge in [-0.2, -0.15) is 0 Å². The van der Waals surface area contributed by atoms with E-state index in [9.17, 15) is 0 Å². The van der Waals surface area contributed by atoms with Crippen LogP contribution in [0.4, 0.5) is 5.69 Å². The van der Waals surface area contributed by atoms with Crippen LogP contribution < -0.4 is 5.73 Å². The summed E-state index contributed by atoms with van der Waals surface area (Å²) in [5, 5.41) is 0.514. The van der Waals surface area contributed by atoms with Gasteiger partial charge in [0, 0.05) is 11.7 Å². The van der Waals surface area contributed by atoms with Crippen LogP contribution in [0.3, 0.4) is 0 Å². The highest BCUT2D eigenvalue weighted by Gasteiger charge is 2.10. The van der Waals surface area contributed by atoms with Crippen LogP contribution in [-0.2, 0) is 0 Å². The van der Waals surface area contributed by atoms with Gasteiger partial charge in [-0.25, -0.2) is 4.98 Å². The third-order valence-corrected chi connectivity index (χ3v) is 2.45. The number of hydrogen-bond acceptors (Lipinski definition) is 2. The first-order chi connectivity index (χ1) is 6.59. The lowest BCUT2D eigenvalue weighted by molar-refractivity contribution is 0.618. The predicted molar refractivity (Wildman–Crippen MR) is 59.5 cm³/mol. The van der Waals surface area contributed by atoms with Crippen molar-refractivity contribution >= 4 is 28.3 Å². The molecule has 0 amide bonds. The summed E-state index contributed by atoms with van der Waals surface area (Å²) in [6, 6.07) is 5.94. The Hall–Kier alpha value is -1.22. The van der Waals surface area contributed by atoms with E-state index >= 15 is 0 Å². The number of imidazole rings is 1. The SMILES string of the molecule is CC(C)n1c(Cl)nc2cc(N)ccc21. The van der Waals surface area contributed by atoms with Crippen molar-refractivity contribution in [2.75, 3.05) is 5.73 Å². The molecule has 0 atom stereocenters. The van der Waals surface area contributed by atoms with Crippen LogP contribution in [0.5, 0.6) is 0 Å². The minimum Gasteiger partial charge on any atom is -0.399 e. The molecule has 1 heterocycles. The van der Waals surface area contributed by atoms with E-state index in [4.69, 9.17) is 17.3 Å². The molecule has 74 valence electrons. The molecular weight excluding hydrogens is 198 g/mol. The zero-order valence-corrected chi connectivity index (χ0v) is 8.92. The molecule has 4 heteroatoms. The van der Waals surface area contributed by atoms with Crippen LogP contribution in [0.2, 0.25) is 5.28 Å². The van der Waals surface area contributed by atoms with Gasteiger partial charge in [-0.1, -0.05) is 0 Å². The first-order valence-corrected chi connectivity index (χ1v) is 4.90. The maximum atomic E-state index is 6.03. The largest absolute Gasteiger partial charge is 0.399 e. The highest BCUT2D eigenvalue weighted by Crippen LogP contribution is 2.25. The van der Waals surface area contributed by atoms with Gasteiger partial charge in [0.2, 0.25) is 5.28 Å². The Kier molecular flexibility index (Phi) is 2.11. The molecule has 0 saturated carbocycles. The summed E-state index contributed by atoms with van der Waals surface area (Å²) in [5.74, 6) is 0. The molecular formula is C10H12ClN3. The number of hydrogen-bond donors (Lipinski definition) is 1. The standard InChI is InChI=1S/C10H12ClN3/c1-6(2)14-9-4-3-7(12)5-8(9)13-10(14)11/h3-6H,12H2,1-2H3. The number of nitrogens with zero attached hydrogens (tertiary/aromatic N) is 2. The van der Waals surface area contributed by atoms with Gasteiger partial charge < -0.3 is 10.3 Å². The summed E-state index contributed by atoms with van der Waals surface area (Å²) in [6.07, 6.45) is 0. The summed E-state index contributed by atoms with van der Waals surface area (Å²) in [5.41, 5.74) is 8.26. The molecule has 2 N–H and O–H groups in total. The molecule has 0 bridgehead atoms. The Morgan fingerprint density at radius 3 is 2.79 bits per heavy atom. The van der Waals surface area contributed by atoms with Crippen LogP contribution in [-0.4, -0.2) is 9.55 Å². The third kappa shape index (κ3) is 1.34. The molecule has 3 nitrogen and oxygen atoms in total. The van der Waals surface area contributed by atoms with Crippen LogP contribution in [0.15, 0.2) is 18.2 Å². The number of rotatable bonds is 1. The summed E-state index contributed by atoms with van der Waals surface area (Å²) in [7, 11) is 0. The van der Waals surface area contributed by atoms with Gasteiger partial charge in [0.05, 0.1) is 11.0 Å². The maximum absolute atomic E-state index is 6.03. The van der Waals surface area contributed by atoms with E-state index in [0.29, 0.717) is 17.0 Å². The third-order valence-electron chi connectivity index (χ3n) is 2.19. The van der Waals surface area contributed by atoms with Crippen molar-refractivity contribution in [3.63, 3.8) is 0 Å². The van der Waals surface area contributed by atoms with Gasteiger partial charge in [-0.15, -0.1) is 0 Å². The zero-order chi connectivity index (χ0) is 10.3. The fraction of sp³-hybridized carbons (Fsp3) is 0.300. The minimum atomic E-state index is 0.302. The number of anilines is 1. The van der Waals surface area contributed by atoms with Crippen molar-refractivity contribution in [3.05, 3.63) is 23.5 Å². The highest BCUT2D eigenvalue weighted by molar-refractivity contribution is 6.29. The first-order valence-electron chi connectivity index (χ1n) is 4.52. The number of aromatic nitrogens is 2. The second-order valence-corrected chi connectivity index (χ2v) is 3.93. The van der Waals surface area contributed by atoms with Gasteiger partial charge in [-0.3, -0.25) is 0 Å². The molecule has 2 aromatic rings.